The molecular formula is C21H24N4O2S. The topological polar surface area (TPSA) is 78.1 Å². The molecule has 146 valence electrons. The number of benzene rings is 1. The number of Topliss-reactive ketones (excluding diaryl/α,β-unsaturated/α-hetero) is 1. The SMILES string of the molecule is CCSc1nc2c(c(=O)[nH]1)[C@H](c1ccc(N(C)C)cc1)C1=C(CCCC1=O)N2. The molecule has 2 aliphatic rings. The van der Waals surface area contributed by atoms with Crippen molar-refractivity contribution in [2.75, 3.05) is 30.1 Å². The third kappa shape index (κ3) is 3.24. The van der Waals surface area contributed by atoms with E-state index < -0.39 is 0 Å². The van der Waals surface area contributed by atoms with Gasteiger partial charge in [0.1, 0.15) is 5.82 Å². The van der Waals surface area contributed by atoms with E-state index in [9.17, 15) is 9.59 Å². The zero-order chi connectivity index (χ0) is 19.8. The molecule has 1 aliphatic heterocycles. The first-order valence-corrected chi connectivity index (χ1v) is 10.6. The summed E-state index contributed by atoms with van der Waals surface area (Å²) in [6.45, 7) is 2.02. The quantitative estimate of drug-likeness (QED) is 0.608. The van der Waals surface area contributed by atoms with Crippen molar-refractivity contribution < 1.29 is 4.79 Å². The van der Waals surface area contributed by atoms with Crippen molar-refractivity contribution in [3.05, 3.63) is 57.0 Å². The maximum absolute atomic E-state index is 13.0. The lowest BCUT2D eigenvalue weighted by molar-refractivity contribution is -0.116. The van der Waals surface area contributed by atoms with Crippen LogP contribution >= 0.6 is 11.8 Å². The molecule has 1 atom stereocenters. The van der Waals surface area contributed by atoms with Crippen LogP contribution in [0.4, 0.5) is 11.5 Å². The second-order valence-electron chi connectivity index (χ2n) is 7.28. The van der Waals surface area contributed by atoms with Gasteiger partial charge >= 0.3 is 0 Å². The van der Waals surface area contributed by atoms with Crippen molar-refractivity contribution in [1.82, 2.24) is 9.97 Å². The number of carbonyl (C=O) groups is 1. The van der Waals surface area contributed by atoms with E-state index in [1.807, 2.05) is 50.2 Å². The molecule has 1 aromatic heterocycles. The van der Waals surface area contributed by atoms with Gasteiger partial charge in [0.2, 0.25) is 0 Å². The van der Waals surface area contributed by atoms with Gasteiger partial charge in [-0.2, -0.15) is 0 Å². The van der Waals surface area contributed by atoms with Gasteiger partial charge < -0.3 is 15.2 Å². The predicted octanol–water partition coefficient (Wildman–Crippen LogP) is 3.51. The lowest BCUT2D eigenvalue weighted by Crippen LogP contribution is -2.32. The Morgan fingerprint density at radius 1 is 1.18 bits per heavy atom. The predicted molar refractivity (Wildman–Crippen MR) is 113 cm³/mol. The number of ketones is 1. The highest BCUT2D eigenvalue weighted by atomic mass is 32.2. The number of fused-ring (bicyclic) bond motifs is 1. The largest absolute Gasteiger partial charge is 0.378 e. The average Bonchev–Trinajstić information content (AvgIpc) is 2.67. The van der Waals surface area contributed by atoms with Crippen LogP contribution in [-0.4, -0.2) is 35.6 Å². The van der Waals surface area contributed by atoms with Crippen molar-refractivity contribution in [3.63, 3.8) is 0 Å². The van der Waals surface area contributed by atoms with Crippen LogP contribution in [0.15, 0.2) is 45.5 Å². The number of nitrogens with zero attached hydrogens (tertiary/aromatic N) is 2. The van der Waals surface area contributed by atoms with Gasteiger partial charge in [-0.25, -0.2) is 4.98 Å². The Labute approximate surface area is 168 Å². The van der Waals surface area contributed by atoms with E-state index >= 15 is 0 Å². The number of hydrogen-bond donors (Lipinski definition) is 2. The Kier molecular flexibility index (Phi) is 5.02. The van der Waals surface area contributed by atoms with Crippen molar-refractivity contribution >= 4 is 29.1 Å². The van der Waals surface area contributed by atoms with Crippen LogP contribution in [0.3, 0.4) is 0 Å². The molecule has 1 aromatic carbocycles. The fourth-order valence-corrected chi connectivity index (χ4v) is 4.54. The second-order valence-corrected chi connectivity index (χ2v) is 8.53. The van der Waals surface area contributed by atoms with Gasteiger partial charge in [0.25, 0.3) is 5.56 Å². The third-order valence-corrected chi connectivity index (χ3v) is 6.02. The molecular weight excluding hydrogens is 372 g/mol. The van der Waals surface area contributed by atoms with E-state index in [1.54, 1.807) is 0 Å². The molecule has 0 amide bonds. The molecule has 0 radical (unpaired) electrons. The monoisotopic (exact) mass is 396 g/mol. The van der Waals surface area contributed by atoms with E-state index in [0.29, 0.717) is 23.0 Å². The molecule has 0 saturated carbocycles. The first-order chi connectivity index (χ1) is 13.5. The second kappa shape index (κ2) is 7.47. The molecule has 0 unspecified atom stereocenters. The molecule has 0 saturated heterocycles. The number of carbonyl (C=O) groups excluding carboxylic acids is 1. The number of H-pyrrole nitrogens is 1. The average molecular weight is 397 g/mol. The van der Waals surface area contributed by atoms with Gasteiger partial charge in [0, 0.05) is 43.4 Å². The summed E-state index contributed by atoms with van der Waals surface area (Å²) < 4.78 is 0. The van der Waals surface area contributed by atoms with Crippen molar-refractivity contribution in [2.24, 2.45) is 0 Å². The summed E-state index contributed by atoms with van der Waals surface area (Å²) in [5, 5.41) is 3.91. The molecule has 0 fully saturated rings. The van der Waals surface area contributed by atoms with Gasteiger partial charge in [0.15, 0.2) is 10.9 Å². The van der Waals surface area contributed by atoms with Crippen LogP contribution in [0.1, 0.15) is 43.2 Å². The zero-order valence-electron chi connectivity index (χ0n) is 16.3. The Morgan fingerprint density at radius 3 is 2.61 bits per heavy atom. The van der Waals surface area contributed by atoms with E-state index in [4.69, 9.17) is 0 Å². The molecule has 2 heterocycles. The number of allylic oxidation sites excluding steroid dienone is 2. The van der Waals surface area contributed by atoms with Gasteiger partial charge in [-0.15, -0.1) is 0 Å². The number of anilines is 2. The smallest absolute Gasteiger partial charge is 0.257 e. The van der Waals surface area contributed by atoms with Crippen LogP contribution in [0, 0.1) is 0 Å². The van der Waals surface area contributed by atoms with E-state index in [-0.39, 0.29) is 17.3 Å². The first-order valence-electron chi connectivity index (χ1n) is 9.57. The highest BCUT2D eigenvalue weighted by molar-refractivity contribution is 7.99. The molecule has 28 heavy (non-hydrogen) atoms. The minimum Gasteiger partial charge on any atom is -0.378 e. The Hall–Kier alpha value is -2.54. The molecule has 0 bridgehead atoms. The maximum atomic E-state index is 13.0. The van der Waals surface area contributed by atoms with Crippen molar-refractivity contribution in [3.8, 4) is 0 Å². The Bertz CT molecular complexity index is 1010. The third-order valence-electron chi connectivity index (χ3n) is 5.26. The number of thioether (sulfide) groups is 1. The van der Waals surface area contributed by atoms with E-state index in [0.717, 1.165) is 41.1 Å². The summed E-state index contributed by atoms with van der Waals surface area (Å²) in [7, 11) is 3.98. The van der Waals surface area contributed by atoms with Gasteiger partial charge in [-0.1, -0.05) is 30.8 Å². The van der Waals surface area contributed by atoms with Crippen LogP contribution < -0.4 is 15.8 Å². The molecule has 6 nitrogen and oxygen atoms in total. The molecule has 2 aromatic rings. The Morgan fingerprint density at radius 2 is 1.93 bits per heavy atom. The molecule has 0 spiro atoms. The highest BCUT2D eigenvalue weighted by Crippen LogP contribution is 2.43. The van der Waals surface area contributed by atoms with Crippen LogP contribution in [-0.2, 0) is 4.79 Å². The standard InChI is InChI=1S/C21H24N4O2S/c1-4-28-21-23-19-18(20(27)24-21)16(12-8-10-13(11-9-12)25(2)3)17-14(22-19)6-5-7-15(17)26/h8-11,16H,4-7H2,1-3H3,(H2,22,23,24,27)/t16-/m1/s1. The van der Waals surface area contributed by atoms with Gasteiger partial charge in [0.05, 0.1) is 5.56 Å². The number of aromatic amines is 1. The van der Waals surface area contributed by atoms with Crippen LogP contribution in [0.25, 0.3) is 0 Å². The van der Waals surface area contributed by atoms with Crippen LogP contribution in [0.5, 0.6) is 0 Å². The summed E-state index contributed by atoms with van der Waals surface area (Å²) >= 11 is 1.50. The lowest BCUT2D eigenvalue weighted by atomic mass is 9.76. The lowest BCUT2D eigenvalue weighted by Gasteiger charge is -2.33. The van der Waals surface area contributed by atoms with Gasteiger partial charge in [-0.05, 0) is 36.3 Å². The van der Waals surface area contributed by atoms with Crippen LogP contribution in [0.2, 0.25) is 0 Å². The molecule has 4 rings (SSSR count). The summed E-state index contributed by atoms with van der Waals surface area (Å²) in [6, 6.07) is 8.06. The minimum absolute atomic E-state index is 0.118. The zero-order valence-corrected chi connectivity index (χ0v) is 17.2. The fourth-order valence-electron chi connectivity index (χ4n) is 3.94. The summed E-state index contributed by atoms with van der Waals surface area (Å²) in [5.41, 5.74) is 4.01. The number of rotatable bonds is 4. The fraction of sp³-hybridized carbons (Fsp3) is 0.381. The highest BCUT2D eigenvalue weighted by Gasteiger charge is 2.37. The van der Waals surface area contributed by atoms with Crippen molar-refractivity contribution in [2.45, 2.75) is 37.3 Å². The molecule has 7 heteroatoms. The van der Waals surface area contributed by atoms with Crippen molar-refractivity contribution in [1.29, 1.82) is 0 Å². The number of nitrogens with one attached hydrogen (secondary N) is 2. The normalized spacial score (nSPS) is 18.4. The Balaban J connectivity index is 1.90. The summed E-state index contributed by atoms with van der Waals surface area (Å²) in [4.78, 5) is 35.4. The number of hydrogen-bond acceptors (Lipinski definition) is 6. The number of aromatic nitrogens is 2. The van der Waals surface area contributed by atoms with E-state index in [2.05, 4.69) is 15.3 Å². The summed E-state index contributed by atoms with van der Waals surface area (Å²) in [5.74, 6) is 1.14. The minimum atomic E-state index is -0.382. The van der Waals surface area contributed by atoms with Gasteiger partial charge in [-0.3, -0.25) is 9.59 Å². The maximum Gasteiger partial charge on any atom is 0.257 e. The van der Waals surface area contributed by atoms with E-state index in [1.165, 1.54) is 11.8 Å². The molecule has 2 N–H and O–H groups in total. The molecule has 1 aliphatic carbocycles. The summed E-state index contributed by atoms with van der Waals surface area (Å²) in [6.07, 6.45) is 2.15. The first kappa shape index (κ1) is 18.8.